The first-order valence-electron chi connectivity index (χ1n) is 6.96. The molecule has 0 amide bonds. The van der Waals surface area contributed by atoms with Crippen molar-refractivity contribution in [1.82, 2.24) is 10.2 Å². The summed E-state index contributed by atoms with van der Waals surface area (Å²) in [5, 5.41) is 3.02. The van der Waals surface area contributed by atoms with Gasteiger partial charge in [0.05, 0.1) is 12.0 Å². The van der Waals surface area contributed by atoms with Crippen LogP contribution in [0.5, 0.6) is 0 Å². The number of piperazine rings is 1. The number of halogens is 7. The second kappa shape index (κ2) is 6.98. The molecule has 23 heavy (non-hydrogen) atoms. The zero-order chi connectivity index (χ0) is 17.3. The average Bonchev–Trinajstić information content (AvgIpc) is 2.44. The predicted molar refractivity (Wildman–Crippen MR) is 77.0 cm³/mol. The van der Waals surface area contributed by atoms with Crippen molar-refractivity contribution in [2.75, 3.05) is 26.2 Å². The van der Waals surface area contributed by atoms with E-state index in [-0.39, 0.29) is 10.0 Å². The molecule has 1 aliphatic rings. The molecule has 0 aromatic heterocycles. The molecule has 1 heterocycles. The smallest absolute Gasteiger partial charge is 0.314 e. The van der Waals surface area contributed by atoms with Crippen molar-refractivity contribution in [3.8, 4) is 0 Å². The number of benzene rings is 1. The van der Waals surface area contributed by atoms with Crippen LogP contribution < -0.4 is 5.32 Å². The molecule has 1 saturated heterocycles. The van der Waals surface area contributed by atoms with Gasteiger partial charge in [0.1, 0.15) is 0 Å². The largest absolute Gasteiger partial charge is 0.416 e. The van der Waals surface area contributed by atoms with Gasteiger partial charge in [0.2, 0.25) is 0 Å². The fourth-order valence-corrected chi connectivity index (χ4v) is 3.14. The van der Waals surface area contributed by atoms with Gasteiger partial charge in [-0.3, -0.25) is 4.90 Å². The lowest BCUT2D eigenvalue weighted by molar-refractivity contribution is -0.148. The van der Waals surface area contributed by atoms with Gasteiger partial charge in [-0.1, -0.05) is 15.9 Å². The number of hydrogen-bond donors (Lipinski definition) is 1. The Bertz CT molecular complexity index is 537. The summed E-state index contributed by atoms with van der Waals surface area (Å²) in [7, 11) is 0. The maximum atomic E-state index is 12.9. The average molecular weight is 405 g/mol. The highest BCUT2D eigenvalue weighted by molar-refractivity contribution is 9.10. The van der Waals surface area contributed by atoms with Gasteiger partial charge in [0.15, 0.2) is 0 Å². The number of alkyl halides is 6. The van der Waals surface area contributed by atoms with Crippen LogP contribution in [-0.4, -0.2) is 37.3 Å². The maximum absolute atomic E-state index is 12.9. The highest BCUT2D eigenvalue weighted by Gasteiger charge is 2.38. The van der Waals surface area contributed by atoms with Gasteiger partial charge in [0, 0.05) is 36.7 Å². The van der Waals surface area contributed by atoms with E-state index in [0.717, 1.165) is 18.2 Å². The molecule has 1 aromatic rings. The summed E-state index contributed by atoms with van der Waals surface area (Å²) in [5.41, 5.74) is -0.933. The normalized spacial score (nSPS) is 18.9. The van der Waals surface area contributed by atoms with Crippen LogP contribution in [-0.2, 0) is 6.18 Å². The third-order valence-corrected chi connectivity index (χ3v) is 4.42. The Balaban J connectivity index is 2.41. The molecule has 2 rings (SSSR count). The fraction of sp³-hybridized carbons (Fsp3) is 0.571. The van der Waals surface area contributed by atoms with Crippen LogP contribution in [0.25, 0.3) is 0 Å². The molecule has 0 bridgehead atoms. The van der Waals surface area contributed by atoms with Crippen molar-refractivity contribution in [2.24, 2.45) is 0 Å². The second-order valence-electron chi connectivity index (χ2n) is 5.36. The third-order valence-electron chi connectivity index (χ3n) is 3.70. The van der Waals surface area contributed by atoms with Crippen LogP contribution in [0.15, 0.2) is 22.7 Å². The molecular weight excluding hydrogens is 390 g/mol. The van der Waals surface area contributed by atoms with Crippen LogP contribution >= 0.6 is 15.9 Å². The lowest BCUT2D eigenvalue weighted by Crippen LogP contribution is -2.46. The molecule has 1 fully saturated rings. The molecule has 9 heteroatoms. The highest BCUT2D eigenvalue weighted by atomic mass is 79.9. The Morgan fingerprint density at radius 1 is 1.09 bits per heavy atom. The van der Waals surface area contributed by atoms with Gasteiger partial charge in [-0.25, -0.2) is 0 Å². The number of nitrogens with zero attached hydrogens (tertiary/aromatic N) is 1. The molecule has 0 aliphatic carbocycles. The van der Waals surface area contributed by atoms with E-state index < -0.39 is 30.4 Å². The summed E-state index contributed by atoms with van der Waals surface area (Å²) in [6.45, 7) is 1.71. The summed E-state index contributed by atoms with van der Waals surface area (Å²) in [6.07, 6.45) is -10.3. The maximum Gasteiger partial charge on any atom is 0.416 e. The monoisotopic (exact) mass is 404 g/mol. The number of hydrogen-bond acceptors (Lipinski definition) is 2. The minimum Gasteiger partial charge on any atom is -0.314 e. The first-order valence-corrected chi connectivity index (χ1v) is 7.75. The van der Waals surface area contributed by atoms with E-state index in [2.05, 4.69) is 21.2 Å². The van der Waals surface area contributed by atoms with Gasteiger partial charge < -0.3 is 5.32 Å². The molecule has 1 N–H and O–H groups in total. The predicted octanol–water partition coefficient (Wildman–Crippen LogP) is 4.37. The second-order valence-corrected chi connectivity index (χ2v) is 6.21. The lowest BCUT2D eigenvalue weighted by atomic mass is 9.98. The lowest BCUT2D eigenvalue weighted by Gasteiger charge is -2.36. The van der Waals surface area contributed by atoms with Crippen molar-refractivity contribution in [3.63, 3.8) is 0 Å². The van der Waals surface area contributed by atoms with Gasteiger partial charge in [-0.05, 0) is 23.8 Å². The van der Waals surface area contributed by atoms with Gasteiger partial charge >= 0.3 is 12.4 Å². The van der Waals surface area contributed by atoms with Crippen molar-refractivity contribution in [2.45, 2.75) is 24.8 Å². The van der Waals surface area contributed by atoms with Gasteiger partial charge in [0.25, 0.3) is 0 Å². The Morgan fingerprint density at radius 2 is 1.70 bits per heavy atom. The molecule has 0 radical (unpaired) electrons. The van der Waals surface area contributed by atoms with Crippen LogP contribution in [0.1, 0.15) is 23.6 Å². The minimum absolute atomic E-state index is 0.0130. The van der Waals surface area contributed by atoms with Crippen LogP contribution in [0.4, 0.5) is 26.3 Å². The van der Waals surface area contributed by atoms with Gasteiger partial charge in [-0.15, -0.1) is 0 Å². The molecule has 130 valence electrons. The van der Waals surface area contributed by atoms with E-state index in [1.54, 1.807) is 4.90 Å². The van der Waals surface area contributed by atoms with Gasteiger partial charge in [-0.2, -0.15) is 26.3 Å². The van der Waals surface area contributed by atoms with Crippen LogP contribution in [0.2, 0.25) is 0 Å². The van der Waals surface area contributed by atoms with E-state index in [4.69, 9.17) is 0 Å². The minimum atomic E-state index is -4.60. The molecular formula is C14H15BrF6N2. The first-order chi connectivity index (χ1) is 10.6. The van der Waals surface area contributed by atoms with E-state index in [1.165, 1.54) is 0 Å². The highest BCUT2D eigenvalue weighted by Crippen LogP contribution is 2.40. The van der Waals surface area contributed by atoms with E-state index >= 15 is 0 Å². The topological polar surface area (TPSA) is 15.3 Å². The molecule has 1 aromatic carbocycles. The quantitative estimate of drug-likeness (QED) is 0.752. The summed E-state index contributed by atoms with van der Waals surface area (Å²) < 4.78 is 77.7. The van der Waals surface area contributed by atoms with Crippen molar-refractivity contribution in [3.05, 3.63) is 33.8 Å². The van der Waals surface area contributed by atoms with Crippen molar-refractivity contribution >= 4 is 15.9 Å². The summed E-state index contributed by atoms with van der Waals surface area (Å²) >= 11 is 3.10. The SMILES string of the molecule is FC(F)(F)C[C@@H](c1cc(C(F)(F)F)ccc1Br)N1CCNCC1. The molecule has 2 nitrogen and oxygen atoms in total. The van der Waals surface area contributed by atoms with Crippen molar-refractivity contribution in [1.29, 1.82) is 0 Å². The molecule has 0 saturated carbocycles. The zero-order valence-corrected chi connectivity index (χ0v) is 13.5. The van der Waals surface area contributed by atoms with E-state index in [1.807, 2.05) is 0 Å². The Kier molecular flexibility index (Phi) is 5.63. The van der Waals surface area contributed by atoms with E-state index in [9.17, 15) is 26.3 Å². The summed E-state index contributed by atoms with van der Waals surface area (Å²) in [6, 6.07) is 1.68. The molecule has 1 atom stereocenters. The molecule has 1 aliphatic heterocycles. The van der Waals surface area contributed by atoms with Crippen molar-refractivity contribution < 1.29 is 26.3 Å². The zero-order valence-electron chi connectivity index (χ0n) is 11.9. The Hall–Kier alpha value is -0.800. The standard InChI is InChI=1S/C14H15BrF6N2/c15-11-2-1-9(14(19,20)21)7-10(11)12(8-13(16,17)18)23-5-3-22-4-6-23/h1-2,7,12,22H,3-6,8H2/t12-/m0/s1. The third kappa shape index (κ3) is 5.09. The Labute approximate surface area is 138 Å². The summed E-state index contributed by atoms with van der Waals surface area (Å²) in [4.78, 5) is 1.57. The first kappa shape index (κ1) is 18.5. The number of rotatable bonds is 3. The fourth-order valence-electron chi connectivity index (χ4n) is 2.62. The van der Waals surface area contributed by atoms with E-state index in [0.29, 0.717) is 26.2 Å². The Morgan fingerprint density at radius 3 is 2.22 bits per heavy atom. The van der Waals surface area contributed by atoms with Crippen LogP contribution in [0, 0.1) is 0 Å². The molecule has 0 spiro atoms. The molecule has 0 unspecified atom stereocenters. The summed E-state index contributed by atoms with van der Waals surface area (Å²) in [5.74, 6) is 0. The number of nitrogens with one attached hydrogen (secondary N) is 1. The van der Waals surface area contributed by atoms with Crippen LogP contribution in [0.3, 0.4) is 0 Å².